The van der Waals surface area contributed by atoms with E-state index in [2.05, 4.69) is 0 Å². The third-order valence-electron chi connectivity index (χ3n) is 2.79. The maximum absolute atomic E-state index is 9.93. The van der Waals surface area contributed by atoms with Gasteiger partial charge in [0.2, 0.25) is 0 Å². The number of aliphatic hydroxyl groups is 1. The van der Waals surface area contributed by atoms with E-state index in [1.807, 2.05) is 13.0 Å². The van der Waals surface area contributed by atoms with E-state index in [1.165, 1.54) is 0 Å². The van der Waals surface area contributed by atoms with Crippen molar-refractivity contribution in [3.05, 3.63) is 23.8 Å². The van der Waals surface area contributed by atoms with Crippen LogP contribution in [0.1, 0.15) is 31.4 Å². The zero-order valence-electron chi connectivity index (χ0n) is 11.1. The maximum Gasteiger partial charge on any atom is 0.123 e. The number of nitrogens with two attached hydrogens (primary N) is 1. The maximum atomic E-state index is 9.93. The van der Waals surface area contributed by atoms with Gasteiger partial charge in [0.25, 0.3) is 0 Å². The third-order valence-corrected chi connectivity index (χ3v) is 2.79. The van der Waals surface area contributed by atoms with Crippen LogP contribution < -0.4 is 15.2 Å². The fourth-order valence-electron chi connectivity index (χ4n) is 1.78. The molecule has 0 aromatic heterocycles. The molecule has 2 atom stereocenters. The molecule has 0 aliphatic heterocycles. The van der Waals surface area contributed by atoms with Gasteiger partial charge in [-0.05, 0) is 24.6 Å². The lowest BCUT2D eigenvalue weighted by atomic mass is 9.98. The molecule has 0 saturated carbocycles. The number of halogens is 1. The van der Waals surface area contributed by atoms with Gasteiger partial charge in [-0.3, -0.25) is 0 Å². The van der Waals surface area contributed by atoms with Crippen LogP contribution in [0.2, 0.25) is 0 Å². The summed E-state index contributed by atoms with van der Waals surface area (Å²) in [5, 5.41) is 9.93. The van der Waals surface area contributed by atoms with E-state index >= 15 is 0 Å². The third kappa shape index (κ3) is 4.05. The lowest BCUT2D eigenvalue weighted by molar-refractivity contribution is 0.133. The topological polar surface area (TPSA) is 64.7 Å². The van der Waals surface area contributed by atoms with Crippen molar-refractivity contribution in [2.45, 2.75) is 31.9 Å². The van der Waals surface area contributed by atoms with Gasteiger partial charge in [0.15, 0.2) is 0 Å². The number of benzene rings is 1. The molecule has 0 saturated heterocycles. The fourth-order valence-corrected chi connectivity index (χ4v) is 1.78. The number of hydrogen-bond donors (Lipinski definition) is 2. The average Bonchev–Trinajstić information content (AvgIpc) is 2.37. The van der Waals surface area contributed by atoms with Gasteiger partial charge in [-0.2, -0.15) is 0 Å². The van der Waals surface area contributed by atoms with Gasteiger partial charge < -0.3 is 20.3 Å². The summed E-state index contributed by atoms with van der Waals surface area (Å²) in [7, 11) is 3.18. The second-order valence-electron chi connectivity index (χ2n) is 3.99. The van der Waals surface area contributed by atoms with Crippen LogP contribution in [-0.2, 0) is 0 Å². The highest BCUT2D eigenvalue weighted by Crippen LogP contribution is 2.30. The minimum Gasteiger partial charge on any atom is -0.497 e. The standard InChI is InChI=1S/C13H21NO3.ClH/c1-4-5-11(15)13(14)10-8-9(16-2)6-7-12(10)17-3;/h6-8,11,13,15H,4-5,14H2,1-3H3;1H/t11-,13+;/m0./s1. The van der Waals surface area contributed by atoms with Crippen molar-refractivity contribution < 1.29 is 14.6 Å². The van der Waals surface area contributed by atoms with Crippen LogP contribution in [0.3, 0.4) is 0 Å². The predicted molar refractivity (Wildman–Crippen MR) is 74.6 cm³/mol. The van der Waals surface area contributed by atoms with Gasteiger partial charge in [-0.1, -0.05) is 13.3 Å². The fraction of sp³-hybridized carbons (Fsp3) is 0.538. The summed E-state index contributed by atoms with van der Waals surface area (Å²) in [6, 6.07) is 4.95. The lowest BCUT2D eigenvalue weighted by Crippen LogP contribution is -2.26. The molecule has 0 aliphatic carbocycles. The number of methoxy groups -OCH3 is 2. The molecular formula is C13H22ClNO3. The first-order chi connectivity index (χ1) is 8.13. The van der Waals surface area contributed by atoms with Gasteiger partial charge in [0, 0.05) is 5.56 Å². The van der Waals surface area contributed by atoms with Crippen LogP contribution in [0.25, 0.3) is 0 Å². The summed E-state index contributed by atoms with van der Waals surface area (Å²) in [5.41, 5.74) is 6.81. The quantitative estimate of drug-likeness (QED) is 0.836. The van der Waals surface area contributed by atoms with E-state index in [0.29, 0.717) is 17.9 Å². The monoisotopic (exact) mass is 275 g/mol. The van der Waals surface area contributed by atoms with Crippen molar-refractivity contribution in [2.75, 3.05) is 14.2 Å². The average molecular weight is 276 g/mol. The predicted octanol–water partition coefficient (Wildman–Crippen LogP) is 2.29. The largest absolute Gasteiger partial charge is 0.497 e. The van der Waals surface area contributed by atoms with Crippen LogP contribution in [0.15, 0.2) is 18.2 Å². The van der Waals surface area contributed by atoms with Crippen molar-refractivity contribution >= 4 is 12.4 Å². The Kier molecular flexibility index (Phi) is 7.75. The van der Waals surface area contributed by atoms with E-state index < -0.39 is 12.1 Å². The second-order valence-corrected chi connectivity index (χ2v) is 3.99. The second kappa shape index (κ2) is 8.19. The summed E-state index contributed by atoms with van der Waals surface area (Å²) in [6.07, 6.45) is 0.990. The SMILES string of the molecule is CCC[C@H](O)[C@H](N)c1cc(OC)ccc1OC.Cl. The Bertz CT molecular complexity index is 360. The van der Waals surface area contributed by atoms with Crippen LogP contribution in [0, 0.1) is 0 Å². The number of hydrogen-bond acceptors (Lipinski definition) is 4. The highest BCUT2D eigenvalue weighted by atomic mass is 35.5. The Morgan fingerprint density at radius 1 is 1.28 bits per heavy atom. The van der Waals surface area contributed by atoms with Crippen LogP contribution in [0.4, 0.5) is 0 Å². The van der Waals surface area contributed by atoms with Gasteiger partial charge >= 0.3 is 0 Å². The lowest BCUT2D eigenvalue weighted by Gasteiger charge is -2.21. The minimum atomic E-state index is -0.569. The van der Waals surface area contributed by atoms with Crippen LogP contribution >= 0.6 is 12.4 Å². The van der Waals surface area contributed by atoms with Gasteiger partial charge in [-0.25, -0.2) is 0 Å². The van der Waals surface area contributed by atoms with Gasteiger partial charge in [0.1, 0.15) is 11.5 Å². The molecule has 3 N–H and O–H groups in total. The first-order valence-electron chi connectivity index (χ1n) is 5.79. The number of rotatable bonds is 6. The number of aliphatic hydroxyl groups excluding tert-OH is 1. The minimum absolute atomic E-state index is 0. The molecule has 0 fully saturated rings. The first kappa shape index (κ1) is 17.0. The molecule has 0 unspecified atom stereocenters. The van der Waals surface area contributed by atoms with Crippen molar-refractivity contribution in [3.8, 4) is 11.5 Å². The molecule has 1 aromatic carbocycles. The van der Waals surface area contributed by atoms with E-state index in [0.717, 1.165) is 12.0 Å². The van der Waals surface area contributed by atoms with E-state index in [-0.39, 0.29) is 12.4 Å². The van der Waals surface area contributed by atoms with Crippen LogP contribution in [0.5, 0.6) is 11.5 Å². The molecule has 1 rings (SSSR count). The molecule has 18 heavy (non-hydrogen) atoms. The molecule has 4 nitrogen and oxygen atoms in total. The van der Waals surface area contributed by atoms with Gasteiger partial charge in [0.05, 0.1) is 26.4 Å². The zero-order valence-corrected chi connectivity index (χ0v) is 11.9. The summed E-state index contributed by atoms with van der Waals surface area (Å²) >= 11 is 0. The smallest absolute Gasteiger partial charge is 0.123 e. The molecule has 0 amide bonds. The normalized spacial score (nSPS) is 13.4. The Labute approximate surface area is 115 Å². The van der Waals surface area contributed by atoms with Crippen molar-refractivity contribution in [1.29, 1.82) is 0 Å². The summed E-state index contributed by atoms with van der Waals surface area (Å²) in [6.45, 7) is 2.01. The Hall–Kier alpha value is -0.970. The van der Waals surface area contributed by atoms with E-state index in [9.17, 15) is 5.11 Å². The Morgan fingerprint density at radius 2 is 1.94 bits per heavy atom. The zero-order chi connectivity index (χ0) is 12.8. The Morgan fingerprint density at radius 3 is 2.44 bits per heavy atom. The molecular weight excluding hydrogens is 254 g/mol. The molecule has 104 valence electrons. The van der Waals surface area contributed by atoms with Crippen LogP contribution in [-0.4, -0.2) is 25.4 Å². The van der Waals surface area contributed by atoms with E-state index in [1.54, 1.807) is 26.4 Å². The molecule has 0 spiro atoms. The molecule has 1 aromatic rings. The summed E-state index contributed by atoms with van der Waals surface area (Å²) < 4.78 is 10.4. The van der Waals surface area contributed by atoms with E-state index in [4.69, 9.17) is 15.2 Å². The highest BCUT2D eigenvalue weighted by Gasteiger charge is 2.20. The molecule has 0 aliphatic rings. The molecule has 0 heterocycles. The highest BCUT2D eigenvalue weighted by molar-refractivity contribution is 5.85. The molecule has 5 heteroatoms. The molecule has 0 bridgehead atoms. The van der Waals surface area contributed by atoms with Crippen molar-refractivity contribution in [2.24, 2.45) is 5.73 Å². The summed E-state index contributed by atoms with van der Waals surface area (Å²) in [5.74, 6) is 1.38. The van der Waals surface area contributed by atoms with Gasteiger partial charge in [-0.15, -0.1) is 12.4 Å². The van der Waals surface area contributed by atoms with Crippen molar-refractivity contribution in [3.63, 3.8) is 0 Å². The Balaban J connectivity index is 0.00000289. The number of ether oxygens (including phenoxy) is 2. The molecule has 0 radical (unpaired) electrons. The summed E-state index contributed by atoms with van der Waals surface area (Å²) in [4.78, 5) is 0. The first-order valence-corrected chi connectivity index (χ1v) is 5.79. The van der Waals surface area contributed by atoms with Crippen molar-refractivity contribution in [1.82, 2.24) is 0 Å².